The Balaban J connectivity index is 1.75. The van der Waals surface area contributed by atoms with Gasteiger partial charge in [-0.05, 0) is 32.2 Å². The monoisotopic (exact) mass is 283 g/mol. The molecule has 19 heavy (non-hydrogen) atoms. The number of rotatable bonds is 8. The van der Waals surface area contributed by atoms with Crippen molar-refractivity contribution in [2.75, 3.05) is 13.7 Å². The van der Waals surface area contributed by atoms with E-state index in [-0.39, 0.29) is 5.60 Å². The third kappa shape index (κ3) is 4.23. The van der Waals surface area contributed by atoms with Crippen LogP contribution in [0.1, 0.15) is 49.5 Å². The van der Waals surface area contributed by atoms with E-state index < -0.39 is 0 Å². The minimum atomic E-state index is 0.0655. The van der Waals surface area contributed by atoms with Gasteiger partial charge in [-0.3, -0.25) is 0 Å². The zero-order valence-electron chi connectivity index (χ0n) is 12.2. The summed E-state index contributed by atoms with van der Waals surface area (Å²) >= 11 is 1.75. The number of hydrogen-bond donors (Lipinski definition) is 1. The molecule has 1 N–H and O–H groups in total. The maximum absolute atomic E-state index is 5.64. The highest BCUT2D eigenvalue weighted by Crippen LogP contribution is 2.38. The fourth-order valence-corrected chi connectivity index (χ4v) is 3.41. The summed E-state index contributed by atoms with van der Waals surface area (Å²) in [4.78, 5) is 0. The van der Waals surface area contributed by atoms with Crippen molar-refractivity contribution in [3.63, 3.8) is 0 Å². The molecule has 1 aromatic rings. The lowest BCUT2D eigenvalue weighted by Gasteiger charge is -2.39. The van der Waals surface area contributed by atoms with Crippen LogP contribution in [0.5, 0.6) is 0 Å². The second-order valence-electron chi connectivity index (χ2n) is 5.72. The molecule has 0 saturated heterocycles. The first-order valence-electron chi connectivity index (χ1n) is 7.23. The average Bonchev–Trinajstić information content (AvgIpc) is 2.77. The zero-order chi connectivity index (χ0) is 13.7. The van der Waals surface area contributed by atoms with E-state index in [9.17, 15) is 0 Å². The van der Waals surface area contributed by atoms with Gasteiger partial charge < -0.3 is 10.1 Å². The Hall–Kier alpha value is -0.520. The van der Waals surface area contributed by atoms with E-state index in [2.05, 4.69) is 29.4 Å². The fourth-order valence-electron chi connectivity index (χ4n) is 2.39. The second kappa shape index (κ2) is 6.77. The Morgan fingerprint density at radius 3 is 2.63 bits per heavy atom. The molecule has 0 radical (unpaired) electrons. The van der Waals surface area contributed by atoms with Crippen LogP contribution in [0.3, 0.4) is 0 Å². The van der Waals surface area contributed by atoms with Crippen LogP contribution >= 0.6 is 11.3 Å². The smallest absolute Gasteiger partial charge is 0.120 e. The van der Waals surface area contributed by atoms with E-state index >= 15 is 0 Å². The molecule has 1 aliphatic carbocycles. The van der Waals surface area contributed by atoms with Gasteiger partial charge in [0.15, 0.2) is 0 Å². The Labute approximate surface area is 120 Å². The summed E-state index contributed by atoms with van der Waals surface area (Å²) < 4.78 is 5.64. The quantitative estimate of drug-likeness (QED) is 0.745. The highest BCUT2D eigenvalue weighted by atomic mass is 32.1. The van der Waals surface area contributed by atoms with Gasteiger partial charge >= 0.3 is 0 Å². The van der Waals surface area contributed by atoms with Crippen molar-refractivity contribution in [2.45, 2.75) is 64.0 Å². The van der Waals surface area contributed by atoms with Crippen molar-refractivity contribution in [1.29, 1.82) is 0 Å². The van der Waals surface area contributed by atoms with Crippen molar-refractivity contribution >= 4 is 11.3 Å². The molecule has 1 aliphatic rings. The summed E-state index contributed by atoms with van der Waals surface area (Å²) in [6.45, 7) is 5.40. The van der Waals surface area contributed by atoms with Crippen LogP contribution in [0.4, 0.5) is 0 Å². The number of aryl methyl sites for hydroxylation is 1. The first-order chi connectivity index (χ1) is 9.13. The summed E-state index contributed by atoms with van der Waals surface area (Å²) in [5.41, 5.74) is 0.0655. The summed E-state index contributed by atoms with van der Waals surface area (Å²) in [5.74, 6) is 0. The van der Waals surface area contributed by atoms with E-state index in [1.54, 1.807) is 11.3 Å². The minimum absolute atomic E-state index is 0.0655. The van der Waals surface area contributed by atoms with Crippen LogP contribution in [0.2, 0.25) is 0 Å². The Morgan fingerprint density at radius 1 is 1.32 bits per heavy atom. The molecule has 0 amide bonds. The predicted molar refractivity (Wildman–Crippen MR) is 78.7 cm³/mol. The molecule has 1 heterocycles. The summed E-state index contributed by atoms with van der Waals surface area (Å²) in [5, 5.41) is 14.3. The van der Waals surface area contributed by atoms with E-state index in [4.69, 9.17) is 4.74 Å². The molecule has 0 aromatic carbocycles. The van der Waals surface area contributed by atoms with Crippen LogP contribution in [0.25, 0.3) is 0 Å². The third-order valence-corrected chi connectivity index (χ3v) is 4.78. The van der Waals surface area contributed by atoms with Crippen LogP contribution in [-0.2, 0) is 17.6 Å². The van der Waals surface area contributed by atoms with Gasteiger partial charge in [0, 0.05) is 26.0 Å². The highest BCUT2D eigenvalue weighted by Gasteiger charge is 2.38. The lowest BCUT2D eigenvalue weighted by Crippen LogP contribution is -2.41. The van der Waals surface area contributed by atoms with E-state index in [0.717, 1.165) is 48.7 Å². The molecule has 4 nitrogen and oxygen atoms in total. The lowest BCUT2D eigenvalue weighted by molar-refractivity contribution is -0.0709. The SMILES string of the molecule is COC1(Cc2nnc(CCCNC(C)C)s2)CCC1. The van der Waals surface area contributed by atoms with Crippen LogP contribution in [0, 0.1) is 0 Å². The topological polar surface area (TPSA) is 47.0 Å². The molecule has 0 unspecified atom stereocenters. The first kappa shape index (κ1) is 14.9. The van der Waals surface area contributed by atoms with Gasteiger partial charge in [-0.15, -0.1) is 21.5 Å². The highest BCUT2D eigenvalue weighted by molar-refractivity contribution is 7.11. The number of nitrogens with one attached hydrogen (secondary N) is 1. The van der Waals surface area contributed by atoms with Crippen LogP contribution in [-0.4, -0.2) is 35.5 Å². The zero-order valence-corrected chi connectivity index (χ0v) is 13.1. The van der Waals surface area contributed by atoms with Crippen molar-refractivity contribution < 1.29 is 4.74 Å². The molecular weight excluding hydrogens is 258 g/mol. The Morgan fingerprint density at radius 2 is 2.05 bits per heavy atom. The molecule has 5 heteroatoms. The lowest BCUT2D eigenvalue weighted by atomic mass is 9.78. The summed E-state index contributed by atoms with van der Waals surface area (Å²) in [6.07, 6.45) is 6.69. The number of ether oxygens (including phenoxy) is 1. The average molecular weight is 283 g/mol. The number of aromatic nitrogens is 2. The standard InChI is InChI=1S/C14H25N3OS/c1-11(2)15-9-4-6-12-16-17-13(19-12)10-14(18-3)7-5-8-14/h11,15H,4-10H2,1-3H3. The predicted octanol–water partition coefficient (Wildman–Crippen LogP) is 2.58. The van der Waals surface area contributed by atoms with Gasteiger partial charge in [0.05, 0.1) is 5.60 Å². The van der Waals surface area contributed by atoms with Crippen LogP contribution in [0.15, 0.2) is 0 Å². The van der Waals surface area contributed by atoms with Crippen molar-refractivity contribution in [3.8, 4) is 0 Å². The van der Waals surface area contributed by atoms with Gasteiger partial charge in [0.1, 0.15) is 10.0 Å². The van der Waals surface area contributed by atoms with E-state index in [1.807, 2.05) is 7.11 Å². The molecule has 0 bridgehead atoms. The van der Waals surface area contributed by atoms with Gasteiger partial charge in [-0.2, -0.15) is 0 Å². The minimum Gasteiger partial charge on any atom is -0.378 e. The van der Waals surface area contributed by atoms with E-state index in [0.29, 0.717) is 6.04 Å². The number of hydrogen-bond acceptors (Lipinski definition) is 5. The molecule has 108 valence electrons. The molecule has 0 spiro atoms. The molecule has 1 saturated carbocycles. The van der Waals surface area contributed by atoms with Gasteiger partial charge in [0.2, 0.25) is 0 Å². The number of nitrogens with zero attached hydrogens (tertiary/aromatic N) is 2. The molecule has 0 aliphatic heterocycles. The van der Waals surface area contributed by atoms with E-state index in [1.165, 1.54) is 6.42 Å². The van der Waals surface area contributed by atoms with Gasteiger partial charge in [0.25, 0.3) is 0 Å². The summed E-state index contributed by atoms with van der Waals surface area (Å²) in [7, 11) is 1.82. The van der Waals surface area contributed by atoms with Crippen molar-refractivity contribution in [1.82, 2.24) is 15.5 Å². The van der Waals surface area contributed by atoms with Gasteiger partial charge in [-0.1, -0.05) is 13.8 Å². The third-order valence-electron chi connectivity index (χ3n) is 3.80. The van der Waals surface area contributed by atoms with Gasteiger partial charge in [-0.25, -0.2) is 0 Å². The van der Waals surface area contributed by atoms with Crippen LogP contribution < -0.4 is 5.32 Å². The molecule has 2 rings (SSSR count). The molecule has 1 aromatic heterocycles. The molecule has 1 fully saturated rings. The molecular formula is C14H25N3OS. The molecule has 0 atom stereocenters. The normalized spacial score (nSPS) is 17.7. The fraction of sp³-hybridized carbons (Fsp3) is 0.857. The first-order valence-corrected chi connectivity index (χ1v) is 8.05. The maximum Gasteiger partial charge on any atom is 0.120 e. The van der Waals surface area contributed by atoms with Crippen molar-refractivity contribution in [3.05, 3.63) is 10.0 Å². The largest absolute Gasteiger partial charge is 0.378 e. The summed E-state index contributed by atoms with van der Waals surface area (Å²) in [6, 6.07) is 0.560. The number of methoxy groups -OCH3 is 1. The maximum atomic E-state index is 5.64. The second-order valence-corrected chi connectivity index (χ2v) is 6.87. The Kier molecular flexibility index (Phi) is 5.30. The Bertz CT molecular complexity index is 382. The van der Waals surface area contributed by atoms with Crippen molar-refractivity contribution in [2.24, 2.45) is 0 Å².